The molecule has 0 bridgehead atoms. The summed E-state index contributed by atoms with van der Waals surface area (Å²) in [6, 6.07) is 13.0. The monoisotopic (exact) mass is 340 g/mol. The van der Waals surface area contributed by atoms with E-state index in [2.05, 4.69) is 38.4 Å². The zero-order chi connectivity index (χ0) is 16.9. The van der Waals surface area contributed by atoms with Crippen molar-refractivity contribution in [2.75, 3.05) is 17.2 Å². The first-order valence-corrected chi connectivity index (χ1v) is 7.79. The Morgan fingerprint density at radius 3 is 2.62 bits per heavy atom. The molecule has 2 heterocycles. The summed E-state index contributed by atoms with van der Waals surface area (Å²) < 4.78 is 1.24. The van der Waals surface area contributed by atoms with E-state index in [0.29, 0.717) is 29.3 Å². The van der Waals surface area contributed by atoms with Crippen molar-refractivity contribution in [2.24, 2.45) is 0 Å². The van der Waals surface area contributed by atoms with Crippen LogP contribution in [0.5, 0.6) is 0 Å². The SMILES string of the molecule is CCN(S)C(=O)Nc1cnc2ccc(Nc3ccccc3)nc2n1. The van der Waals surface area contributed by atoms with Gasteiger partial charge in [0.2, 0.25) is 0 Å². The van der Waals surface area contributed by atoms with Crippen LogP contribution in [0.3, 0.4) is 0 Å². The molecular formula is C16H16N6OS. The lowest BCUT2D eigenvalue weighted by atomic mass is 10.3. The molecule has 0 aliphatic heterocycles. The number of nitrogens with one attached hydrogen (secondary N) is 2. The van der Waals surface area contributed by atoms with Gasteiger partial charge in [0.15, 0.2) is 11.5 Å². The lowest BCUT2D eigenvalue weighted by Gasteiger charge is -2.13. The van der Waals surface area contributed by atoms with Gasteiger partial charge in [0.25, 0.3) is 0 Å². The molecule has 0 spiro atoms. The first-order valence-electron chi connectivity index (χ1n) is 7.39. The van der Waals surface area contributed by atoms with Gasteiger partial charge in [-0.3, -0.25) is 9.62 Å². The standard InChI is InChI=1S/C16H16N6OS/c1-2-22(24)16(23)21-14-10-17-12-8-9-13(19-15(12)20-14)18-11-6-4-3-5-7-11/h3-10,24H,2H2,1H3,(H2,18,19,20,21,23). The highest BCUT2D eigenvalue weighted by Crippen LogP contribution is 2.17. The maximum absolute atomic E-state index is 11.8. The fraction of sp³-hybridized carbons (Fsp3) is 0.125. The smallest absolute Gasteiger partial charge is 0.332 e. The molecule has 7 nitrogen and oxygen atoms in total. The predicted octanol–water partition coefficient (Wildman–Crippen LogP) is 3.47. The number of hydrogen-bond acceptors (Lipinski definition) is 6. The van der Waals surface area contributed by atoms with Gasteiger partial charge in [-0.15, -0.1) is 0 Å². The maximum Gasteiger partial charge on any atom is 0.332 e. The zero-order valence-electron chi connectivity index (χ0n) is 13.0. The number of hydrogen-bond donors (Lipinski definition) is 3. The van der Waals surface area contributed by atoms with E-state index in [-0.39, 0.29) is 6.03 Å². The fourth-order valence-corrected chi connectivity index (χ4v) is 2.06. The number of pyridine rings is 1. The quantitative estimate of drug-likeness (QED) is 0.634. The van der Waals surface area contributed by atoms with Crippen LogP contribution in [0.25, 0.3) is 11.2 Å². The number of carbonyl (C=O) groups is 1. The fourth-order valence-electron chi connectivity index (χ4n) is 2.01. The van der Waals surface area contributed by atoms with E-state index < -0.39 is 0 Å². The number of para-hydroxylation sites is 1. The molecule has 24 heavy (non-hydrogen) atoms. The Kier molecular flexibility index (Phi) is 4.76. The molecule has 0 saturated heterocycles. The second-order valence-electron chi connectivity index (χ2n) is 4.93. The van der Waals surface area contributed by atoms with Gasteiger partial charge >= 0.3 is 6.03 Å². The van der Waals surface area contributed by atoms with Crippen molar-refractivity contribution >= 4 is 47.3 Å². The van der Waals surface area contributed by atoms with Crippen molar-refractivity contribution in [3.05, 3.63) is 48.7 Å². The number of fused-ring (bicyclic) bond motifs is 1. The molecule has 1 aromatic carbocycles. The summed E-state index contributed by atoms with van der Waals surface area (Å²) >= 11 is 4.05. The molecule has 2 N–H and O–H groups in total. The molecule has 0 radical (unpaired) electrons. The molecule has 3 aromatic rings. The summed E-state index contributed by atoms with van der Waals surface area (Å²) in [5, 5.41) is 5.83. The Morgan fingerprint density at radius 2 is 1.88 bits per heavy atom. The van der Waals surface area contributed by atoms with Crippen molar-refractivity contribution in [2.45, 2.75) is 6.92 Å². The van der Waals surface area contributed by atoms with Crippen LogP contribution in [0.15, 0.2) is 48.7 Å². The average Bonchev–Trinajstić information content (AvgIpc) is 2.61. The van der Waals surface area contributed by atoms with E-state index in [1.54, 1.807) is 0 Å². The van der Waals surface area contributed by atoms with E-state index in [0.717, 1.165) is 5.69 Å². The van der Waals surface area contributed by atoms with Gasteiger partial charge in [-0.2, -0.15) is 0 Å². The van der Waals surface area contributed by atoms with Gasteiger partial charge < -0.3 is 5.32 Å². The van der Waals surface area contributed by atoms with Crippen LogP contribution in [0.1, 0.15) is 6.92 Å². The third-order valence-electron chi connectivity index (χ3n) is 3.22. The van der Waals surface area contributed by atoms with E-state index in [1.807, 2.05) is 49.4 Å². The van der Waals surface area contributed by atoms with Crippen LogP contribution in [0.4, 0.5) is 22.1 Å². The number of thiol groups is 1. The molecule has 0 unspecified atom stereocenters. The van der Waals surface area contributed by atoms with E-state index in [9.17, 15) is 4.79 Å². The van der Waals surface area contributed by atoms with E-state index >= 15 is 0 Å². The number of anilines is 3. The molecule has 2 amide bonds. The molecular weight excluding hydrogens is 324 g/mol. The van der Waals surface area contributed by atoms with E-state index in [4.69, 9.17) is 0 Å². The molecule has 3 rings (SSSR count). The lowest BCUT2D eigenvalue weighted by Crippen LogP contribution is -2.27. The van der Waals surface area contributed by atoms with Crippen LogP contribution in [-0.2, 0) is 0 Å². The molecule has 8 heteroatoms. The van der Waals surface area contributed by atoms with Gasteiger partial charge in [0.1, 0.15) is 11.3 Å². The summed E-state index contributed by atoms with van der Waals surface area (Å²) in [4.78, 5) is 24.8. The number of amides is 2. The number of benzene rings is 1. The van der Waals surface area contributed by atoms with Crippen LogP contribution >= 0.6 is 12.8 Å². The highest BCUT2D eigenvalue weighted by Gasteiger charge is 2.10. The summed E-state index contributed by atoms with van der Waals surface area (Å²) in [5.74, 6) is 0.972. The zero-order valence-corrected chi connectivity index (χ0v) is 13.9. The Balaban J connectivity index is 1.84. The lowest BCUT2D eigenvalue weighted by molar-refractivity contribution is 0.240. The maximum atomic E-state index is 11.8. The van der Waals surface area contributed by atoms with Gasteiger partial charge in [-0.05, 0) is 31.2 Å². The van der Waals surface area contributed by atoms with Gasteiger partial charge in [-0.25, -0.2) is 19.7 Å². The topological polar surface area (TPSA) is 83.0 Å². The first-order chi connectivity index (χ1) is 11.7. The number of urea groups is 1. The normalized spacial score (nSPS) is 10.4. The third-order valence-corrected chi connectivity index (χ3v) is 3.69. The van der Waals surface area contributed by atoms with Crippen molar-refractivity contribution in [3.8, 4) is 0 Å². The number of nitrogens with zero attached hydrogens (tertiary/aromatic N) is 4. The second kappa shape index (κ2) is 7.14. The minimum absolute atomic E-state index is 0.323. The van der Waals surface area contributed by atoms with Crippen LogP contribution in [-0.4, -0.2) is 31.8 Å². The Hall–Kier alpha value is -2.87. The van der Waals surface area contributed by atoms with Crippen molar-refractivity contribution in [3.63, 3.8) is 0 Å². The van der Waals surface area contributed by atoms with Crippen molar-refractivity contribution < 1.29 is 4.79 Å². The molecule has 0 atom stereocenters. The summed E-state index contributed by atoms with van der Waals surface area (Å²) in [6.07, 6.45) is 1.49. The summed E-state index contributed by atoms with van der Waals surface area (Å²) in [6.45, 7) is 2.29. The highest BCUT2D eigenvalue weighted by molar-refractivity contribution is 7.78. The largest absolute Gasteiger partial charge is 0.340 e. The van der Waals surface area contributed by atoms with Gasteiger partial charge in [-0.1, -0.05) is 31.0 Å². The number of rotatable bonds is 4. The third kappa shape index (κ3) is 3.72. The molecule has 0 saturated carbocycles. The van der Waals surface area contributed by atoms with Crippen molar-refractivity contribution in [1.29, 1.82) is 0 Å². The van der Waals surface area contributed by atoms with Gasteiger partial charge in [0, 0.05) is 12.2 Å². The Labute approximate surface area is 144 Å². The number of aromatic nitrogens is 3. The van der Waals surface area contributed by atoms with Crippen molar-refractivity contribution in [1.82, 2.24) is 19.3 Å². The summed E-state index contributed by atoms with van der Waals surface area (Å²) in [7, 11) is 0. The second-order valence-corrected chi connectivity index (χ2v) is 5.41. The van der Waals surface area contributed by atoms with Crippen LogP contribution in [0.2, 0.25) is 0 Å². The predicted molar refractivity (Wildman–Crippen MR) is 97.4 cm³/mol. The van der Waals surface area contributed by atoms with E-state index in [1.165, 1.54) is 10.5 Å². The molecule has 0 fully saturated rings. The molecule has 0 aliphatic rings. The first kappa shape index (κ1) is 16.0. The van der Waals surface area contributed by atoms with Gasteiger partial charge in [0.05, 0.1) is 6.20 Å². The highest BCUT2D eigenvalue weighted by atomic mass is 32.1. The Morgan fingerprint density at radius 1 is 1.12 bits per heavy atom. The Bertz CT molecular complexity index is 858. The minimum Gasteiger partial charge on any atom is -0.340 e. The molecule has 2 aromatic heterocycles. The summed E-state index contributed by atoms with van der Waals surface area (Å²) in [5.41, 5.74) is 2.01. The van der Waals surface area contributed by atoms with Crippen LogP contribution < -0.4 is 10.6 Å². The molecule has 0 aliphatic carbocycles. The minimum atomic E-state index is -0.368. The molecule has 122 valence electrons. The van der Waals surface area contributed by atoms with Crippen LogP contribution in [0, 0.1) is 0 Å². The number of carbonyl (C=O) groups excluding carboxylic acids is 1. The average molecular weight is 340 g/mol.